The Morgan fingerprint density at radius 1 is 1.03 bits per heavy atom. The van der Waals surface area contributed by atoms with Crippen molar-refractivity contribution >= 4 is 32.5 Å². The summed E-state index contributed by atoms with van der Waals surface area (Å²) >= 11 is 0. The molecule has 0 spiro atoms. The second-order valence-corrected chi connectivity index (χ2v) is 9.14. The van der Waals surface area contributed by atoms with E-state index in [0.29, 0.717) is 18.5 Å². The van der Waals surface area contributed by atoms with Crippen molar-refractivity contribution in [2.24, 2.45) is 0 Å². The molecule has 0 atom stereocenters. The van der Waals surface area contributed by atoms with E-state index >= 15 is 0 Å². The lowest BCUT2D eigenvalue weighted by Gasteiger charge is -2.12. The van der Waals surface area contributed by atoms with Crippen molar-refractivity contribution in [2.75, 3.05) is 11.3 Å². The molecular formula is C24H22FN3O3S. The minimum atomic E-state index is -3.94. The molecule has 0 fully saturated rings. The minimum absolute atomic E-state index is 0.0470. The van der Waals surface area contributed by atoms with Gasteiger partial charge in [0.15, 0.2) is 0 Å². The van der Waals surface area contributed by atoms with Crippen LogP contribution in [0.5, 0.6) is 0 Å². The van der Waals surface area contributed by atoms with Crippen LogP contribution in [0.1, 0.15) is 21.5 Å². The molecule has 0 radical (unpaired) electrons. The number of para-hydroxylation sites is 1. The number of rotatable bonds is 7. The standard InChI is InChI=1S/C24H22FN3O3S/c1-16-6-11-20(32(30,31)28-19-9-7-18(25)8-10-19)14-22(16)24(29)26-13-12-17-15-27-23-5-3-2-4-21(17)23/h2-11,14-15,27-28H,12-13H2,1H3,(H,26,29). The van der Waals surface area contributed by atoms with Crippen LogP contribution in [0, 0.1) is 12.7 Å². The van der Waals surface area contributed by atoms with Crippen LogP contribution < -0.4 is 10.0 Å². The maximum atomic E-state index is 13.1. The summed E-state index contributed by atoms with van der Waals surface area (Å²) in [4.78, 5) is 15.9. The molecule has 0 bridgehead atoms. The van der Waals surface area contributed by atoms with E-state index in [9.17, 15) is 17.6 Å². The monoisotopic (exact) mass is 451 g/mol. The van der Waals surface area contributed by atoms with Crippen LogP contribution in [0.3, 0.4) is 0 Å². The largest absolute Gasteiger partial charge is 0.361 e. The van der Waals surface area contributed by atoms with Gasteiger partial charge in [0.25, 0.3) is 15.9 Å². The van der Waals surface area contributed by atoms with Crippen LogP contribution in [0.4, 0.5) is 10.1 Å². The van der Waals surface area contributed by atoms with Crippen LogP contribution in [-0.2, 0) is 16.4 Å². The molecule has 4 aromatic rings. The van der Waals surface area contributed by atoms with Gasteiger partial charge in [0.05, 0.1) is 4.90 Å². The Morgan fingerprint density at radius 3 is 2.56 bits per heavy atom. The summed E-state index contributed by atoms with van der Waals surface area (Å²) in [6.07, 6.45) is 2.56. The lowest BCUT2D eigenvalue weighted by Crippen LogP contribution is -2.26. The normalized spacial score (nSPS) is 11.4. The third-order valence-electron chi connectivity index (χ3n) is 5.22. The van der Waals surface area contributed by atoms with E-state index in [0.717, 1.165) is 16.5 Å². The van der Waals surface area contributed by atoms with Crippen molar-refractivity contribution in [1.29, 1.82) is 0 Å². The van der Waals surface area contributed by atoms with Gasteiger partial charge in [0.1, 0.15) is 5.82 Å². The van der Waals surface area contributed by atoms with E-state index in [1.165, 1.54) is 36.4 Å². The fourth-order valence-electron chi connectivity index (χ4n) is 3.49. The number of fused-ring (bicyclic) bond motifs is 1. The highest BCUT2D eigenvalue weighted by Gasteiger charge is 2.18. The summed E-state index contributed by atoms with van der Waals surface area (Å²) in [5.41, 5.74) is 3.31. The third kappa shape index (κ3) is 4.65. The Morgan fingerprint density at radius 2 is 1.78 bits per heavy atom. The van der Waals surface area contributed by atoms with Gasteiger partial charge in [-0.15, -0.1) is 0 Å². The number of benzene rings is 3. The molecule has 32 heavy (non-hydrogen) atoms. The highest BCUT2D eigenvalue weighted by Crippen LogP contribution is 2.20. The number of amides is 1. The summed E-state index contributed by atoms with van der Waals surface area (Å²) in [5, 5.41) is 3.98. The zero-order chi connectivity index (χ0) is 22.7. The molecule has 0 unspecified atom stereocenters. The Hall–Kier alpha value is -3.65. The van der Waals surface area contributed by atoms with Gasteiger partial charge >= 0.3 is 0 Å². The summed E-state index contributed by atoms with van der Waals surface area (Å²) in [6, 6.07) is 17.3. The zero-order valence-corrected chi connectivity index (χ0v) is 18.2. The molecule has 0 aliphatic heterocycles. The molecule has 1 amide bonds. The predicted molar refractivity (Wildman–Crippen MR) is 123 cm³/mol. The molecular weight excluding hydrogens is 429 g/mol. The van der Waals surface area contributed by atoms with E-state index in [2.05, 4.69) is 15.0 Å². The van der Waals surface area contributed by atoms with Crippen molar-refractivity contribution in [3.63, 3.8) is 0 Å². The fourth-order valence-corrected chi connectivity index (χ4v) is 4.57. The fraction of sp³-hybridized carbons (Fsp3) is 0.125. The summed E-state index contributed by atoms with van der Waals surface area (Å²) in [5.74, 6) is -0.809. The molecule has 4 rings (SSSR count). The molecule has 0 saturated heterocycles. The van der Waals surface area contributed by atoms with Crippen molar-refractivity contribution in [3.8, 4) is 0 Å². The van der Waals surface area contributed by atoms with Gasteiger partial charge in [-0.1, -0.05) is 24.3 Å². The lowest BCUT2D eigenvalue weighted by atomic mass is 10.1. The smallest absolute Gasteiger partial charge is 0.261 e. The molecule has 3 N–H and O–H groups in total. The second-order valence-electron chi connectivity index (χ2n) is 7.45. The Kier molecular flexibility index (Phi) is 5.96. The zero-order valence-electron chi connectivity index (χ0n) is 17.4. The highest BCUT2D eigenvalue weighted by atomic mass is 32.2. The number of anilines is 1. The molecule has 1 aromatic heterocycles. The molecule has 1 heterocycles. The van der Waals surface area contributed by atoms with Crippen LogP contribution in [0.2, 0.25) is 0 Å². The predicted octanol–water partition coefficient (Wildman–Crippen LogP) is 4.39. The number of hydrogen-bond donors (Lipinski definition) is 3. The number of carbonyl (C=O) groups excluding carboxylic acids is 1. The molecule has 0 saturated carbocycles. The number of aromatic nitrogens is 1. The topological polar surface area (TPSA) is 91.1 Å². The van der Waals surface area contributed by atoms with Gasteiger partial charge in [-0.05, 0) is 66.9 Å². The van der Waals surface area contributed by atoms with Crippen molar-refractivity contribution in [1.82, 2.24) is 10.3 Å². The third-order valence-corrected chi connectivity index (χ3v) is 6.59. The first kappa shape index (κ1) is 21.6. The quantitative estimate of drug-likeness (QED) is 0.389. The lowest BCUT2D eigenvalue weighted by molar-refractivity contribution is 0.0953. The number of hydrogen-bond acceptors (Lipinski definition) is 3. The van der Waals surface area contributed by atoms with Gasteiger partial charge in [0, 0.05) is 34.9 Å². The van der Waals surface area contributed by atoms with Crippen molar-refractivity contribution in [2.45, 2.75) is 18.2 Å². The maximum Gasteiger partial charge on any atom is 0.261 e. The highest BCUT2D eigenvalue weighted by molar-refractivity contribution is 7.92. The van der Waals surface area contributed by atoms with Crippen LogP contribution in [-0.4, -0.2) is 25.9 Å². The first-order valence-electron chi connectivity index (χ1n) is 10.1. The van der Waals surface area contributed by atoms with Crippen LogP contribution in [0.15, 0.2) is 77.8 Å². The first-order valence-corrected chi connectivity index (χ1v) is 11.5. The maximum absolute atomic E-state index is 13.1. The average Bonchev–Trinajstić information content (AvgIpc) is 3.18. The number of aromatic amines is 1. The van der Waals surface area contributed by atoms with Crippen molar-refractivity contribution in [3.05, 3.63) is 95.4 Å². The van der Waals surface area contributed by atoms with Crippen molar-refractivity contribution < 1.29 is 17.6 Å². The number of carbonyl (C=O) groups is 1. The number of aryl methyl sites for hydroxylation is 1. The second kappa shape index (κ2) is 8.84. The molecule has 3 aromatic carbocycles. The first-order chi connectivity index (χ1) is 15.3. The van der Waals surface area contributed by atoms with E-state index in [-0.39, 0.29) is 22.1 Å². The Balaban J connectivity index is 1.46. The van der Waals surface area contributed by atoms with Gasteiger partial charge in [-0.3, -0.25) is 9.52 Å². The van der Waals surface area contributed by atoms with E-state index < -0.39 is 15.8 Å². The van der Waals surface area contributed by atoms with Gasteiger partial charge < -0.3 is 10.3 Å². The Bertz CT molecular complexity index is 1380. The Labute approximate surface area is 185 Å². The summed E-state index contributed by atoms with van der Waals surface area (Å²) in [6.45, 7) is 2.16. The molecule has 6 nitrogen and oxygen atoms in total. The van der Waals surface area contributed by atoms with E-state index in [4.69, 9.17) is 0 Å². The SMILES string of the molecule is Cc1ccc(S(=O)(=O)Nc2ccc(F)cc2)cc1C(=O)NCCc1c[nH]c2ccccc12. The van der Waals surface area contributed by atoms with E-state index in [1.807, 2.05) is 30.5 Å². The molecule has 0 aliphatic rings. The van der Waals surface area contributed by atoms with Gasteiger partial charge in [-0.25, -0.2) is 12.8 Å². The summed E-state index contributed by atoms with van der Waals surface area (Å²) in [7, 11) is -3.94. The van der Waals surface area contributed by atoms with Gasteiger partial charge in [0.2, 0.25) is 0 Å². The minimum Gasteiger partial charge on any atom is -0.361 e. The molecule has 0 aliphatic carbocycles. The molecule has 164 valence electrons. The van der Waals surface area contributed by atoms with E-state index in [1.54, 1.807) is 13.0 Å². The van der Waals surface area contributed by atoms with Crippen LogP contribution >= 0.6 is 0 Å². The van der Waals surface area contributed by atoms with Crippen LogP contribution in [0.25, 0.3) is 10.9 Å². The number of sulfonamides is 1. The number of nitrogens with one attached hydrogen (secondary N) is 3. The number of halogens is 1. The average molecular weight is 452 g/mol. The number of H-pyrrole nitrogens is 1. The van der Waals surface area contributed by atoms with Gasteiger partial charge in [-0.2, -0.15) is 0 Å². The molecule has 8 heteroatoms. The summed E-state index contributed by atoms with van der Waals surface area (Å²) < 4.78 is 40.9.